The van der Waals surface area contributed by atoms with Gasteiger partial charge < -0.3 is 5.11 Å². The SMILES string of the molecule is Cc1cc(Br)cc(-c2nnnn2C(CC(=O)O)C2CC2)c1. The van der Waals surface area contributed by atoms with Gasteiger partial charge in [-0.05, 0) is 59.9 Å². The lowest BCUT2D eigenvalue weighted by Crippen LogP contribution is -2.18. The zero-order valence-electron chi connectivity index (χ0n) is 11.5. The number of halogens is 1. The van der Waals surface area contributed by atoms with Crippen molar-refractivity contribution in [2.24, 2.45) is 5.92 Å². The zero-order valence-corrected chi connectivity index (χ0v) is 13.1. The van der Waals surface area contributed by atoms with E-state index in [4.69, 9.17) is 5.11 Å². The molecule has 1 aromatic heterocycles. The van der Waals surface area contributed by atoms with Gasteiger partial charge in [0.05, 0.1) is 12.5 Å². The van der Waals surface area contributed by atoms with E-state index in [1.807, 2.05) is 25.1 Å². The first-order valence-electron chi connectivity index (χ1n) is 6.82. The third-order valence-corrected chi connectivity index (χ3v) is 4.12. The predicted octanol–water partition coefficient (Wildman–Crippen LogP) is 2.84. The van der Waals surface area contributed by atoms with E-state index in [1.54, 1.807) is 4.68 Å². The van der Waals surface area contributed by atoms with Gasteiger partial charge in [-0.1, -0.05) is 15.9 Å². The minimum atomic E-state index is -0.821. The van der Waals surface area contributed by atoms with Gasteiger partial charge in [0.25, 0.3) is 0 Å². The van der Waals surface area contributed by atoms with Crippen LogP contribution in [0.5, 0.6) is 0 Å². The fourth-order valence-electron chi connectivity index (χ4n) is 2.59. The van der Waals surface area contributed by atoms with Crippen LogP contribution in [0.1, 0.15) is 30.9 Å². The van der Waals surface area contributed by atoms with Crippen LogP contribution in [0.4, 0.5) is 0 Å². The molecule has 110 valence electrons. The second-order valence-corrected chi connectivity index (χ2v) is 6.38. The number of carboxylic acids is 1. The number of carbonyl (C=O) groups is 1. The average Bonchev–Trinajstić information content (AvgIpc) is 3.11. The van der Waals surface area contributed by atoms with Crippen molar-refractivity contribution < 1.29 is 9.90 Å². The predicted molar refractivity (Wildman–Crippen MR) is 79.7 cm³/mol. The largest absolute Gasteiger partial charge is 0.481 e. The van der Waals surface area contributed by atoms with Crippen molar-refractivity contribution in [3.63, 3.8) is 0 Å². The quantitative estimate of drug-likeness (QED) is 0.896. The van der Waals surface area contributed by atoms with E-state index in [2.05, 4.69) is 31.5 Å². The molecular weight excluding hydrogens is 336 g/mol. The number of carboxylic acid groups (broad SMARTS) is 1. The molecule has 0 bridgehead atoms. The van der Waals surface area contributed by atoms with E-state index in [-0.39, 0.29) is 12.5 Å². The third-order valence-electron chi connectivity index (χ3n) is 3.66. The monoisotopic (exact) mass is 350 g/mol. The molecule has 0 spiro atoms. The van der Waals surface area contributed by atoms with Crippen LogP contribution < -0.4 is 0 Å². The van der Waals surface area contributed by atoms with Crippen molar-refractivity contribution in [3.05, 3.63) is 28.2 Å². The van der Waals surface area contributed by atoms with Crippen LogP contribution in [-0.4, -0.2) is 31.3 Å². The van der Waals surface area contributed by atoms with Crippen molar-refractivity contribution >= 4 is 21.9 Å². The first-order chi connectivity index (χ1) is 10.0. The Balaban J connectivity index is 2.01. The highest BCUT2D eigenvalue weighted by Crippen LogP contribution is 2.42. The molecular formula is C14H15BrN4O2. The van der Waals surface area contributed by atoms with Gasteiger partial charge in [0.1, 0.15) is 0 Å². The molecule has 3 rings (SSSR count). The fourth-order valence-corrected chi connectivity index (χ4v) is 3.19. The average molecular weight is 351 g/mol. The van der Waals surface area contributed by atoms with Gasteiger partial charge in [-0.3, -0.25) is 4.79 Å². The molecule has 2 aromatic rings. The van der Waals surface area contributed by atoms with Crippen molar-refractivity contribution in [2.45, 2.75) is 32.2 Å². The van der Waals surface area contributed by atoms with Gasteiger partial charge in [0.15, 0.2) is 5.82 Å². The standard InChI is InChI=1S/C14H15BrN4O2/c1-8-4-10(6-11(15)5-8)14-16-17-18-19(14)12(7-13(20)21)9-2-3-9/h4-6,9,12H,2-3,7H2,1H3,(H,20,21). The van der Waals surface area contributed by atoms with Gasteiger partial charge in [-0.15, -0.1) is 5.10 Å². The van der Waals surface area contributed by atoms with Crippen LogP contribution in [0.2, 0.25) is 0 Å². The molecule has 1 fully saturated rings. The third kappa shape index (κ3) is 3.12. The summed E-state index contributed by atoms with van der Waals surface area (Å²) in [6, 6.07) is 5.77. The van der Waals surface area contributed by atoms with E-state index >= 15 is 0 Å². The minimum absolute atomic E-state index is 0.0513. The Kier molecular flexibility index (Phi) is 3.75. The molecule has 1 N–H and O–H groups in total. The van der Waals surface area contributed by atoms with E-state index in [0.717, 1.165) is 28.4 Å². The Morgan fingerprint density at radius 2 is 2.24 bits per heavy atom. The summed E-state index contributed by atoms with van der Waals surface area (Å²) in [7, 11) is 0. The normalized spacial score (nSPS) is 15.9. The van der Waals surface area contributed by atoms with Crippen molar-refractivity contribution in [3.8, 4) is 11.4 Å². The molecule has 0 radical (unpaired) electrons. The number of rotatable bonds is 5. The van der Waals surface area contributed by atoms with Crippen molar-refractivity contribution in [1.82, 2.24) is 20.2 Å². The molecule has 1 heterocycles. The fraction of sp³-hybridized carbons (Fsp3) is 0.429. The van der Waals surface area contributed by atoms with E-state index in [1.165, 1.54) is 0 Å². The minimum Gasteiger partial charge on any atom is -0.481 e. The first kappa shape index (κ1) is 14.2. The molecule has 1 unspecified atom stereocenters. The number of aliphatic carboxylic acids is 1. The lowest BCUT2D eigenvalue weighted by atomic mass is 10.1. The smallest absolute Gasteiger partial charge is 0.305 e. The topological polar surface area (TPSA) is 80.9 Å². The Morgan fingerprint density at radius 1 is 1.48 bits per heavy atom. The molecule has 0 saturated heterocycles. The number of nitrogens with zero attached hydrogens (tertiary/aromatic N) is 4. The summed E-state index contributed by atoms with van der Waals surface area (Å²) in [6.07, 6.45) is 2.12. The van der Waals surface area contributed by atoms with Crippen LogP contribution in [0.25, 0.3) is 11.4 Å². The summed E-state index contributed by atoms with van der Waals surface area (Å²) in [5.41, 5.74) is 1.98. The summed E-state index contributed by atoms with van der Waals surface area (Å²) in [5.74, 6) is 0.160. The summed E-state index contributed by atoms with van der Waals surface area (Å²) in [4.78, 5) is 11.1. The molecule has 0 amide bonds. The second-order valence-electron chi connectivity index (χ2n) is 5.47. The summed E-state index contributed by atoms with van der Waals surface area (Å²) >= 11 is 3.47. The highest BCUT2D eigenvalue weighted by Gasteiger charge is 2.36. The molecule has 1 aromatic carbocycles. The lowest BCUT2D eigenvalue weighted by molar-refractivity contribution is -0.138. The number of tetrazole rings is 1. The Bertz CT molecular complexity index is 661. The molecule has 1 atom stereocenters. The lowest BCUT2D eigenvalue weighted by Gasteiger charge is -2.16. The van der Waals surface area contributed by atoms with Crippen molar-refractivity contribution in [1.29, 1.82) is 0 Å². The number of benzene rings is 1. The van der Waals surface area contributed by atoms with Crippen LogP contribution in [0.3, 0.4) is 0 Å². The van der Waals surface area contributed by atoms with Gasteiger partial charge in [-0.25, -0.2) is 4.68 Å². The number of aromatic nitrogens is 4. The number of hydrogen-bond acceptors (Lipinski definition) is 4. The van der Waals surface area contributed by atoms with Gasteiger partial charge in [0, 0.05) is 10.0 Å². The number of hydrogen-bond donors (Lipinski definition) is 1. The Hall–Kier alpha value is -1.76. The van der Waals surface area contributed by atoms with Gasteiger partial charge >= 0.3 is 5.97 Å². The molecule has 6 nitrogen and oxygen atoms in total. The molecule has 7 heteroatoms. The second kappa shape index (κ2) is 5.55. The van der Waals surface area contributed by atoms with Gasteiger partial charge in [0.2, 0.25) is 0 Å². The number of aryl methyl sites for hydroxylation is 1. The molecule has 0 aliphatic heterocycles. The zero-order chi connectivity index (χ0) is 15.0. The maximum atomic E-state index is 11.1. The maximum absolute atomic E-state index is 11.1. The summed E-state index contributed by atoms with van der Waals surface area (Å²) in [5, 5.41) is 21.0. The summed E-state index contributed by atoms with van der Waals surface area (Å²) in [6.45, 7) is 2.00. The Morgan fingerprint density at radius 3 is 2.86 bits per heavy atom. The maximum Gasteiger partial charge on any atom is 0.305 e. The highest BCUT2D eigenvalue weighted by molar-refractivity contribution is 9.10. The van der Waals surface area contributed by atoms with Crippen LogP contribution in [0.15, 0.2) is 22.7 Å². The van der Waals surface area contributed by atoms with E-state index in [0.29, 0.717) is 11.7 Å². The molecule has 1 aliphatic carbocycles. The highest BCUT2D eigenvalue weighted by atomic mass is 79.9. The van der Waals surface area contributed by atoms with Crippen LogP contribution >= 0.6 is 15.9 Å². The molecule has 21 heavy (non-hydrogen) atoms. The van der Waals surface area contributed by atoms with Crippen LogP contribution in [0, 0.1) is 12.8 Å². The Labute approximate surface area is 130 Å². The first-order valence-corrected chi connectivity index (χ1v) is 7.61. The molecule has 1 aliphatic rings. The van der Waals surface area contributed by atoms with Crippen molar-refractivity contribution in [2.75, 3.05) is 0 Å². The summed E-state index contributed by atoms with van der Waals surface area (Å²) < 4.78 is 2.63. The molecule has 1 saturated carbocycles. The van der Waals surface area contributed by atoms with E-state index in [9.17, 15) is 4.79 Å². The van der Waals surface area contributed by atoms with Gasteiger partial charge in [-0.2, -0.15) is 0 Å². The van der Waals surface area contributed by atoms with Crippen LogP contribution in [-0.2, 0) is 4.79 Å². The van der Waals surface area contributed by atoms with E-state index < -0.39 is 5.97 Å².